The van der Waals surface area contributed by atoms with Crippen LogP contribution in [0.15, 0.2) is 42.5 Å². The van der Waals surface area contributed by atoms with Crippen molar-refractivity contribution in [3.05, 3.63) is 53.6 Å². The van der Waals surface area contributed by atoms with Crippen molar-refractivity contribution in [2.75, 3.05) is 5.32 Å². The van der Waals surface area contributed by atoms with Gasteiger partial charge in [0, 0.05) is 17.5 Å². The Morgan fingerprint density at radius 2 is 1.78 bits per heavy atom. The average Bonchev–Trinajstić information content (AvgIpc) is 2.46. The monoisotopic (exact) mass is 309 g/mol. The summed E-state index contributed by atoms with van der Waals surface area (Å²) >= 11 is 0. The highest BCUT2D eigenvalue weighted by atomic mass is 16.4. The highest BCUT2D eigenvalue weighted by Gasteiger charge is 2.31. The van der Waals surface area contributed by atoms with Crippen LogP contribution in [-0.2, 0) is 21.4 Å². The van der Waals surface area contributed by atoms with Gasteiger partial charge in [-0.15, -0.1) is 0 Å². The van der Waals surface area contributed by atoms with Crippen LogP contribution in [-0.4, -0.2) is 17.0 Å². The van der Waals surface area contributed by atoms with Crippen LogP contribution in [0.25, 0.3) is 11.1 Å². The Kier molecular flexibility index (Phi) is 3.68. The van der Waals surface area contributed by atoms with Crippen LogP contribution >= 0.6 is 0 Å². The number of hydrogen-bond acceptors (Lipinski definition) is 2. The van der Waals surface area contributed by atoms with Gasteiger partial charge in [-0.1, -0.05) is 44.2 Å². The van der Waals surface area contributed by atoms with Gasteiger partial charge >= 0.3 is 5.97 Å². The van der Waals surface area contributed by atoms with Gasteiger partial charge in [-0.25, -0.2) is 0 Å². The zero-order valence-electron chi connectivity index (χ0n) is 13.2. The van der Waals surface area contributed by atoms with E-state index in [9.17, 15) is 9.59 Å². The molecule has 23 heavy (non-hydrogen) atoms. The second-order valence-corrected chi connectivity index (χ2v) is 6.64. The van der Waals surface area contributed by atoms with Crippen molar-refractivity contribution in [3.8, 4) is 11.1 Å². The zero-order chi connectivity index (χ0) is 16.6. The van der Waals surface area contributed by atoms with Crippen molar-refractivity contribution in [2.45, 2.75) is 32.1 Å². The van der Waals surface area contributed by atoms with Gasteiger partial charge in [-0.05, 0) is 34.4 Å². The third-order valence-electron chi connectivity index (χ3n) is 4.27. The van der Waals surface area contributed by atoms with Crippen molar-refractivity contribution >= 4 is 17.6 Å². The number of carboxylic acids is 1. The molecule has 0 saturated carbocycles. The molecule has 0 aliphatic carbocycles. The van der Waals surface area contributed by atoms with E-state index in [0.29, 0.717) is 6.42 Å². The van der Waals surface area contributed by atoms with E-state index < -0.39 is 5.97 Å². The van der Waals surface area contributed by atoms with Crippen molar-refractivity contribution in [1.82, 2.24) is 0 Å². The Morgan fingerprint density at radius 1 is 1.13 bits per heavy atom. The molecule has 3 rings (SSSR count). The first-order valence-electron chi connectivity index (χ1n) is 7.61. The maximum atomic E-state index is 11.8. The lowest BCUT2D eigenvalue weighted by Crippen LogP contribution is -2.32. The molecule has 0 spiro atoms. The summed E-state index contributed by atoms with van der Waals surface area (Å²) in [5, 5.41) is 11.8. The fourth-order valence-electron chi connectivity index (χ4n) is 3.07. The number of aliphatic carboxylic acids is 1. The second-order valence-electron chi connectivity index (χ2n) is 6.64. The minimum atomic E-state index is -0.830. The summed E-state index contributed by atoms with van der Waals surface area (Å²) in [5.41, 5.74) is 4.69. The van der Waals surface area contributed by atoms with Crippen LogP contribution in [0.3, 0.4) is 0 Å². The number of hydrogen-bond donors (Lipinski definition) is 2. The molecular weight excluding hydrogens is 290 g/mol. The highest BCUT2D eigenvalue weighted by molar-refractivity contribution is 5.96. The van der Waals surface area contributed by atoms with Crippen LogP contribution in [0.5, 0.6) is 0 Å². The van der Waals surface area contributed by atoms with Crippen LogP contribution < -0.4 is 5.32 Å². The number of benzene rings is 2. The van der Waals surface area contributed by atoms with E-state index in [1.165, 1.54) is 0 Å². The lowest BCUT2D eigenvalue weighted by molar-refractivity contribution is -0.136. The first-order valence-corrected chi connectivity index (χ1v) is 7.61. The normalized spacial score (nSPS) is 15.7. The van der Waals surface area contributed by atoms with Gasteiger partial charge < -0.3 is 10.4 Å². The predicted octanol–water partition coefficient (Wildman–Crippen LogP) is 3.60. The molecule has 0 saturated heterocycles. The number of carbonyl (C=O) groups is 2. The third-order valence-corrected chi connectivity index (χ3v) is 4.27. The van der Waals surface area contributed by atoms with Crippen LogP contribution in [0.4, 0.5) is 5.69 Å². The smallest absolute Gasteiger partial charge is 0.307 e. The minimum Gasteiger partial charge on any atom is -0.481 e. The fraction of sp³-hybridized carbons (Fsp3) is 0.263. The first-order chi connectivity index (χ1) is 10.8. The summed E-state index contributed by atoms with van der Waals surface area (Å²) in [7, 11) is 0. The Balaban J connectivity index is 1.96. The molecule has 0 bridgehead atoms. The maximum absolute atomic E-state index is 11.8. The van der Waals surface area contributed by atoms with Gasteiger partial charge in [0.1, 0.15) is 0 Å². The fourth-order valence-corrected chi connectivity index (χ4v) is 3.07. The Labute approximate surface area is 135 Å². The molecule has 118 valence electrons. The van der Waals surface area contributed by atoms with E-state index in [-0.39, 0.29) is 17.7 Å². The summed E-state index contributed by atoms with van der Waals surface area (Å²) in [6.45, 7) is 4.15. The number of amides is 1. The van der Waals surface area contributed by atoms with Gasteiger partial charge in [-0.2, -0.15) is 0 Å². The molecule has 2 aromatic carbocycles. The molecule has 1 amide bonds. The van der Waals surface area contributed by atoms with Crippen LogP contribution in [0.1, 0.15) is 31.4 Å². The van der Waals surface area contributed by atoms with E-state index in [1.54, 1.807) is 0 Å². The van der Waals surface area contributed by atoms with E-state index >= 15 is 0 Å². The molecule has 0 radical (unpaired) electrons. The Bertz CT molecular complexity index is 776. The van der Waals surface area contributed by atoms with Gasteiger partial charge in [-0.3, -0.25) is 9.59 Å². The average molecular weight is 309 g/mol. The van der Waals surface area contributed by atoms with Crippen LogP contribution in [0, 0.1) is 0 Å². The summed E-state index contributed by atoms with van der Waals surface area (Å²) in [6.07, 6.45) is 0.504. The number of carbonyl (C=O) groups excluding carboxylic acids is 1. The van der Waals surface area contributed by atoms with E-state index in [2.05, 4.69) is 25.2 Å². The van der Waals surface area contributed by atoms with Crippen molar-refractivity contribution in [1.29, 1.82) is 0 Å². The predicted molar refractivity (Wildman–Crippen MR) is 89.5 cm³/mol. The molecule has 0 unspecified atom stereocenters. The molecular formula is C19H19NO3. The molecule has 1 aliphatic heterocycles. The van der Waals surface area contributed by atoms with Gasteiger partial charge in [0.15, 0.2) is 0 Å². The standard InChI is InChI=1S/C19H19NO3/c1-19(2)11-17(21)20-16-8-7-14(10-15(16)19)13-5-3-12(4-6-13)9-18(22)23/h3-8,10H,9,11H2,1-2H3,(H,20,21)(H,22,23). The number of carboxylic acid groups (broad SMARTS) is 1. The molecule has 0 aromatic heterocycles. The van der Waals surface area contributed by atoms with Crippen molar-refractivity contribution in [3.63, 3.8) is 0 Å². The van der Waals surface area contributed by atoms with Gasteiger partial charge in [0.25, 0.3) is 0 Å². The van der Waals surface area contributed by atoms with E-state index in [1.807, 2.05) is 36.4 Å². The topological polar surface area (TPSA) is 66.4 Å². The molecule has 2 aromatic rings. The highest BCUT2D eigenvalue weighted by Crippen LogP contribution is 2.39. The first kappa shape index (κ1) is 15.3. The van der Waals surface area contributed by atoms with Crippen LogP contribution in [0.2, 0.25) is 0 Å². The molecule has 1 heterocycles. The maximum Gasteiger partial charge on any atom is 0.307 e. The Morgan fingerprint density at radius 3 is 2.43 bits per heavy atom. The molecule has 4 nitrogen and oxygen atoms in total. The number of rotatable bonds is 3. The Hall–Kier alpha value is -2.62. The lowest BCUT2D eigenvalue weighted by atomic mass is 9.77. The molecule has 4 heteroatoms. The third kappa shape index (κ3) is 3.11. The molecule has 0 atom stereocenters. The molecule has 2 N–H and O–H groups in total. The summed E-state index contributed by atoms with van der Waals surface area (Å²) < 4.78 is 0. The number of nitrogens with one attached hydrogen (secondary N) is 1. The lowest BCUT2D eigenvalue weighted by Gasteiger charge is -2.32. The zero-order valence-corrected chi connectivity index (χ0v) is 13.2. The van der Waals surface area contributed by atoms with E-state index in [0.717, 1.165) is 27.9 Å². The molecule has 1 aliphatic rings. The summed E-state index contributed by atoms with van der Waals surface area (Å²) in [4.78, 5) is 22.5. The van der Waals surface area contributed by atoms with E-state index in [4.69, 9.17) is 5.11 Å². The SMILES string of the molecule is CC1(C)CC(=O)Nc2ccc(-c3ccc(CC(=O)O)cc3)cc21. The largest absolute Gasteiger partial charge is 0.481 e. The number of anilines is 1. The van der Waals surface area contributed by atoms with Crippen molar-refractivity contribution in [2.24, 2.45) is 0 Å². The summed E-state index contributed by atoms with van der Waals surface area (Å²) in [5.74, 6) is -0.780. The second kappa shape index (κ2) is 5.54. The van der Waals surface area contributed by atoms with Gasteiger partial charge in [0.05, 0.1) is 6.42 Å². The number of fused-ring (bicyclic) bond motifs is 1. The van der Waals surface area contributed by atoms with Crippen molar-refractivity contribution < 1.29 is 14.7 Å². The quantitative estimate of drug-likeness (QED) is 0.910. The summed E-state index contributed by atoms with van der Waals surface area (Å²) in [6, 6.07) is 13.6. The minimum absolute atomic E-state index is 0.0313. The van der Waals surface area contributed by atoms with Gasteiger partial charge in [0.2, 0.25) is 5.91 Å². The molecule has 0 fully saturated rings.